The van der Waals surface area contributed by atoms with Crippen molar-refractivity contribution >= 4 is 32.6 Å². The number of fused-ring (bicyclic) bond motifs is 1. The lowest BCUT2D eigenvalue weighted by Crippen LogP contribution is -2.17. The van der Waals surface area contributed by atoms with Crippen LogP contribution >= 0.6 is 11.3 Å². The number of aromatic nitrogens is 2. The number of hydrogen-bond donors (Lipinski definition) is 2. The molecule has 3 N–H and O–H groups in total. The molecule has 2 aromatic heterocycles. The zero-order chi connectivity index (χ0) is 9.54. The van der Waals surface area contributed by atoms with E-state index < -0.39 is 0 Å². The first-order chi connectivity index (χ1) is 6.83. The van der Waals surface area contributed by atoms with Crippen LogP contribution in [0.1, 0.15) is 12.8 Å². The number of anilines is 2. The first-order valence-electron chi connectivity index (χ1n) is 4.83. The molecule has 14 heavy (non-hydrogen) atoms. The fraction of sp³-hybridized carbons (Fsp3) is 0.444. The Morgan fingerprint density at radius 3 is 2.93 bits per heavy atom. The predicted octanol–water partition coefficient (Wildman–Crippen LogP) is 1.81. The first-order valence-corrected chi connectivity index (χ1v) is 5.64. The van der Waals surface area contributed by atoms with Gasteiger partial charge < -0.3 is 15.6 Å². The van der Waals surface area contributed by atoms with E-state index in [-0.39, 0.29) is 0 Å². The Morgan fingerprint density at radius 1 is 1.43 bits per heavy atom. The first kappa shape index (κ1) is 8.11. The molecule has 1 fully saturated rings. The molecule has 0 radical (unpaired) electrons. The van der Waals surface area contributed by atoms with Gasteiger partial charge in [-0.2, -0.15) is 0 Å². The topological polar surface area (TPSA) is 57.9 Å². The lowest BCUT2D eigenvalue weighted by molar-refractivity contribution is 0.948. The average molecular weight is 208 g/mol. The van der Waals surface area contributed by atoms with E-state index in [1.165, 1.54) is 18.7 Å². The predicted molar refractivity (Wildman–Crippen MR) is 59.8 cm³/mol. The summed E-state index contributed by atoms with van der Waals surface area (Å²) in [6.45, 7) is 2.31. The van der Waals surface area contributed by atoms with Crippen LogP contribution in [0.5, 0.6) is 0 Å². The molecule has 0 unspecified atom stereocenters. The molecular formula is C9H12N4S. The van der Waals surface area contributed by atoms with Gasteiger partial charge in [-0.3, -0.25) is 0 Å². The molecule has 1 aliphatic heterocycles. The largest absolute Gasteiger partial charge is 0.375 e. The van der Waals surface area contributed by atoms with Crippen LogP contribution < -0.4 is 10.6 Å². The summed E-state index contributed by atoms with van der Waals surface area (Å²) in [6, 6.07) is 2.15. The highest BCUT2D eigenvalue weighted by Gasteiger charge is 2.15. The molecule has 1 saturated heterocycles. The van der Waals surface area contributed by atoms with Crippen LogP contribution in [0.3, 0.4) is 0 Å². The highest BCUT2D eigenvalue weighted by Crippen LogP contribution is 2.29. The van der Waals surface area contributed by atoms with Crippen molar-refractivity contribution in [3.8, 4) is 0 Å². The lowest BCUT2D eigenvalue weighted by atomic mass is 10.4. The molecule has 5 heteroatoms. The molecule has 2 aromatic rings. The third kappa shape index (κ3) is 1.16. The Bertz CT molecular complexity index is 421. The van der Waals surface area contributed by atoms with E-state index in [9.17, 15) is 0 Å². The van der Waals surface area contributed by atoms with Gasteiger partial charge in [0.2, 0.25) is 0 Å². The van der Waals surface area contributed by atoms with E-state index in [0.29, 0.717) is 5.13 Å². The van der Waals surface area contributed by atoms with Crippen LogP contribution in [0.2, 0.25) is 0 Å². The molecule has 4 nitrogen and oxygen atoms in total. The highest BCUT2D eigenvalue weighted by molar-refractivity contribution is 7.22. The van der Waals surface area contributed by atoms with Gasteiger partial charge in [0.05, 0.1) is 4.70 Å². The fourth-order valence-electron chi connectivity index (χ4n) is 1.95. The van der Waals surface area contributed by atoms with Gasteiger partial charge in [-0.15, -0.1) is 0 Å². The van der Waals surface area contributed by atoms with Crippen molar-refractivity contribution in [2.45, 2.75) is 12.8 Å². The molecule has 3 rings (SSSR count). The molecule has 74 valence electrons. The maximum absolute atomic E-state index is 5.61. The molecule has 3 heterocycles. The molecule has 0 bridgehead atoms. The van der Waals surface area contributed by atoms with E-state index in [0.717, 1.165) is 23.4 Å². The summed E-state index contributed by atoms with van der Waals surface area (Å²) in [7, 11) is 0. The van der Waals surface area contributed by atoms with Gasteiger partial charge in [0.15, 0.2) is 10.8 Å². The summed E-state index contributed by atoms with van der Waals surface area (Å²) in [5.41, 5.74) is 6.54. The molecule has 0 aliphatic carbocycles. The Labute approximate surface area is 85.7 Å². The lowest BCUT2D eigenvalue weighted by Gasteiger charge is -2.13. The third-order valence-corrected chi connectivity index (χ3v) is 3.46. The van der Waals surface area contributed by atoms with Crippen LogP contribution in [-0.2, 0) is 0 Å². The molecule has 0 amide bonds. The molecular weight excluding hydrogens is 196 g/mol. The molecule has 0 aromatic carbocycles. The van der Waals surface area contributed by atoms with Crippen LogP contribution in [0.25, 0.3) is 10.3 Å². The van der Waals surface area contributed by atoms with Crippen molar-refractivity contribution in [2.75, 3.05) is 23.7 Å². The van der Waals surface area contributed by atoms with Crippen molar-refractivity contribution in [3.63, 3.8) is 0 Å². The second kappa shape index (κ2) is 2.88. The highest BCUT2D eigenvalue weighted by atomic mass is 32.1. The van der Waals surface area contributed by atoms with Gasteiger partial charge in [0.1, 0.15) is 5.82 Å². The van der Waals surface area contributed by atoms with Gasteiger partial charge >= 0.3 is 0 Å². The fourth-order valence-corrected chi connectivity index (χ4v) is 2.67. The van der Waals surface area contributed by atoms with Crippen LogP contribution in [0.4, 0.5) is 10.9 Å². The maximum Gasteiger partial charge on any atom is 0.182 e. The second-order valence-electron chi connectivity index (χ2n) is 3.61. The zero-order valence-electron chi connectivity index (χ0n) is 7.79. The number of hydrogen-bond acceptors (Lipinski definition) is 4. The van der Waals surface area contributed by atoms with Crippen LogP contribution in [-0.4, -0.2) is 23.1 Å². The number of nitrogen functional groups attached to an aromatic ring is 1. The van der Waals surface area contributed by atoms with E-state index >= 15 is 0 Å². The molecule has 0 saturated carbocycles. The average Bonchev–Trinajstić information content (AvgIpc) is 2.74. The number of nitrogens with one attached hydrogen (secondary N) is 1. The summed E-state index contributed by atoms with van der Waals surface area (Å²) >= 11 is 1.54. The van der Waals surface area contributed by atoms with Crippen LogP contribution in [0, 0.1) is 0 Å². The van der Waals surface area contributed by atoms with Crippen molar-refractivity contribution in [1.29, 1.82) is 0 Å². The number of thiazole rings is 1. The van der Waals surface area contributed by atoms with E-state index in [1.54, 1.807) is 11.3 Å². The van der Waals surface area contributed by atoms with Gasteiger partial charge in [-0.25, -0.2) is 4.98 Å². The van der Waals surface area contributed by atoms with Crippen molar-refractivity contribution in [3.05, 3.63) is 6.07 Å². The van der Waals surface area contributed by atoms with Gasteiger partial charge in [-0.1, -0.05) is 11.3 Å². The normalized spacial score (nSPS) is 17.0. The zero-order valence-corrected chi connectivity index (χ0v) is 8.60. The Kier molecular flexibility index (Phi) is 1.67. The smallest absolute Gasteiger partial charge is 0.182 e. The maximum atomic E-state index is 5.61. The number of nitrogens with two attached hydrogens (primary N) is 1. The van der Waals surface area contributed by atoms with E-state index in [2.05, 4.69) is 20.9 Å². The SMILES string of the molecule is Nc1nc2[nH]c(N3CCCC3)cc2s1. The summed E-state index contributed by atoms with van der Waals surface area (Å²) in [4.78, 5) is 9.89. The summed E-state index contributed by atoms with van der Waals surface area (Å²) in [5, 5.41) is 0.638. The number of aromatic amines is 1. The van der Waals surface area contributed by atoms with Crippen molar-refractivity contribution in [2.24, 2.45) is 0 Å². The second-order valence-corrected chi connectivity index (χ2v) is 4.68. The summed E-state index contributed by atoms with van der Waals surface area (Å²) in [6.07, 6.45) is 2.59. The Balaban J connectivity index is 2.01. The minimum Gasteiger partial charge on any atom is -0.375 e. The van der Waals surface area contributed by atoms with Gasteiger partial charge in [0, 0.05) is 13.1 Å². The Hall–Kier alpha value is -1.23. The van der Waals surface area contributed by atoms with Gasteiger partial charge in [-0.05, 0) is 18.9 Å². The van der Waals surface area contributed by atoms with Gasteiger partial charge in [0.25, 0.3) is 0 Å². The standard InChI is InChI=1S/C9H12N4S/c10-9-12-8-6(14-9)5-7(11-8)13-3-1-2-4-13/h5,11H,1-4H2,(H2,10,12). The monoisotopic (exact) mass is 208 g/mol. The molecule has 0 spiro atoms. The summed E-state index contributed by atoms with van der Waals surface area (Å²) in [5.74, 6) is 1.19. The van der Waals surface area contributed by atoms with E-state index in [1.807, 2.05) is 0 Å². The molecule has 1 aliphatic rings. The number of nitrogens with zero attached hydrogens (tertiary/aromatic N) is 2. The van der Waals surface area contributed by atoms with Crippen molar-refractivity contribution in [1.82, 2.24) is 9.97 Å². The third-order valence-electron chi connectivity index (χ3n) is 2.63. The Morgan fingerprint density at radius 2 is 2.21 bits per heavy atom. The number of H-pyrrole nitrogens is 1. The molecule has 0 atom stereocenters. The van der Waals surface area contributed by atoms with Crippen molar-refractivity contribution < 1.29 is 0 Å². The van der Waals surface area contributed by atoms with E-state index in [4.69, 9.17) is 5.73 Å². The summed E-state index contributed by atoms with van der Waals surface area (Å²) < 4.78 is 1.16. The minimum atomic E-state index is 0.638. The quantitative estimate of drug-likeness (QED) is 0.751. The minimum absolute atomic E-state index is 0.638. The number of rotatable bonds is 1. The van der Waals surface area contributed by atoms with Crippen LogP contribution in [0.15, 0.2) is 6.07 Å².